The van der Waals surface area contributed by atoms with E-state index < -0.39 is 0 Å². The number of rotatable bonds is 2. The minimum atomic E-state index is 0.716. The van der Waals surface area contributed by atoms with E-state index >= 15 is 0 Å². The van der Waals surface area contributed by atoms with Gasteiger partial charge in [0.2, 0.25) is 0 Å². The van der Waals surface area contributed by atoms with Crippen LogP contribution in [0.3, 0.4) is 0 Å². The number of alkyl halides is 2. The summed E-state index contributed by atoms with van der Waals surface area (Å²) in [7, 11) is 0. The Kier molecular flexibility index (Phi) is 3.64. The Morgan fingerprint density at radius 3 is 2.20 bits per heavy atom. The first-order chi connectivity index (χ1) is 7.24. The molecule has 1 aromatic heterocycles. The van der Waals surface area contributed by atoms with E-state index in [1.807, 2.05) is 18.2 Å². The van der Waals surface area contributed by atoms with Gasteiger partial charge in [-0.25, -0.2) is 9.97 Å². The first-order valence-corrected chi connectivity index (χ1v) is 7.04. The fourth-order valence-electron chi connectivity index (χ4n) is 1.33. The van der Waals surface area contributed by atoms with Gasteiger partial charge < -0.3 is 0 Å². The van der Waals surface area contributed by atoms with Gasteiger partial charge in [-0.2, -0.15) is 0 Å². The summed E-state index contributed by atoms with van der Waals surface area (Å²) in [5.74, 6) is 0. The van der Waals surface area contributed by atoms with Crippen LogP contribution in [0.4, 0.5) is 0 Å². The van der Waals surface area contributed by atoms with Crippen molar-refractivity contribution in [1.29, 1.82) is 0 Å². The van der Waals surface area contributed by atoms with Crippen molar-refractivity contribution >= 4 is 55.5 Å². The molecular formula is C10H8Br2N2S. The van der Waals surface area contributed by atoms with Crippen molar-refractivity contribution in [2.24, 2.45) is 0 Å². The second kappa shape index (κ2) is 4.80. The molecule has 0 spiro atoms. The zero-order valence-corrected chi connectivity index (χ0v) is 11.8. The molecule has 78 valence electrons. The lowest BCUT2D eigenvalue weighted by Gasteiger charge is -2.05. The molecule has 0 fully saturated rings. The molecule has 0 saturated heterocycles. The van der Waals surface area contributed by atoms with Gasteiger partial charge in [0, 0.05) is 15.6 Å². The molecular weight excluding hydrogens is 340 g/mol. The number of fused-ring (bicyclic) bond motifs is 1. The highest BCUT2D eigenvalue weighted by atomic mass is 79.9. The van der Waals surface area contributed by atoms with Crippen LogP contribution in [0, 0.1) is 0 Å². The normalized spacial score (nSPS) is 10.9. The van der Waals surface area contributed by atoms with Crippen molar-refractivity contribution in [2.45, 2.75) is 15.6 Å². The minimum absolute atomic E-state index is 0.716. The van der Waals surface area contributed by atoms with Gasteiger partial charge in [-0.15, -0.1) is 12.6 Å². The predicted octanol–water partition coefficient (Wildman–Crippen LogP) is 3.71. The van der Waals surface area contributed by atoms with Gasteiger partial charge in [0.15, 0.2) is 0 Å². The Morgan fingerprint density at radius 1 is 1.00 bits per heavy atom. The van der Waals surface area contributed by atoms with E-state index in [4.69, 9.17) is 0 Å². The lowest BCUT2D eigenvalue weighted by atomic mass is 10.2. The molecule has 2 rings (SSSR count). The number of thiol groups is 1. The standard InChI is InChI=1S/C10H8Br2N2S/c11-4-9-10(5-12)14-8-3-6(15)1-2-7(8)13-9/h1-3,15H,4-5H2. The Balaban J connectivity index is 2.69. The molecule has 0 aliphatic heterocycles. The summed E-state index contributed by atoms with van der Waals surface area (Å²) in [6, 6.07) is 5.79. The second-order valence-electron chi connectivity index (χ2n) is 3.06. The maximum Gasteiger partial charge on any atom is 0.0901 e. The highest BCUT2D eigenvalue weighted by Gasteiger charge is 2.06. The summed E-state index contributed by atoms with van der Waals surface area (Å²) < 4.78 is 0. The molecule has 5 heteroatoms. The summed E-state index contributed by atoms with van der Waals surface area (Å²) in [5.41, 5.74) is 3.75. The minimum Gasteiger partial charge on any atom is -0.248 e. The lowest BCUT2D eigenvalue weighted by Crippen LogP contribution is -1.98. The van der Waals surface area contributed by atoms with Crippen molar-refractivity contribution in [3.05, 3.63) is 29.6 Å². The molecule has 2 nitrogen and oxygen atoms in total. The molecule has 0 aliphatic carbocycles. The quantitative estimate of drug-likeness (QED) is 0.662. The summed E-state index contributed by atoms with van der Waals surface area (Å²) >= 11 is 11.1. The highest BCUT2D eigenvalue weighted by Crippen LogP contribution is 2.19. The Morgan fingerprint density at radius 2 is 1.60 bits per heavy atom. The lowest BCUT2D eigenvalue weighted by molar-refractivity contribution is 1.08. The monoisotopic (exact) mass is 346 g/mol. The van der Waals surface area contributed by atoms with Gasteiger partial charge in [0.05, 0.1) is 22.4 Å². The molecule has 0 saturated carbocycles. The number of aromatic nitrogens is 2. The highest BCUT2D eigenvalue weighted by molar-refractivity contribution is 9.09. The van der Waals surface area contributed by atoms with E-state index in [1.54, 1.807) is 0 Å². The van der Waals surface area contributed by atoms with Crippen LogP contribution in [-0.2, 0) is 10.7 Å². The second-order valence-corrected chi connectivity index (χ2v) is 4.70. The van der Waals surface area contributed by atoms with Crippen LogP contribution in [0.15, 0.2) is 23.1 Å². The van der Waals surface area contributed by atoms with Crippen molar-refractivity contribution in [1.82, 2.24) is 9.97 Å². The van der Waals surface area contributed by atoms with E-state index in [0.29, 0.717) is 5.33 Å². The van der Waals surface area contributed by atoms with Gasteiger partial charge in [0.25, 0.3) is 0 Å². The summed E-state index contributed by atoms with van der Waals surface area (Å²) in [5, 5.41) is 1.44. The zero-order chi connectivity index (χ0) is 10.8. The van der Waals surface area contributed by atoms with Crippen LogP contribution < -0.4 is 0 Å². The van der Waals surface area contributed by atoms with Crippen molar-refractivity contribution < 1.29 is 0 Å². The number of nitrogens with zero attached hydrogens (tertiary/aromatic N) is 2. The molecule has 15 heavy (non-hydrogen) atoms. The molecule has 0 unspecified atom stereocenters. The van der Waals surface area contributed by atoms with E-state index in [0.717, 1.165) is 32.6 Å². The van der Waals surface area contributed by atoms with E-state index in [1.165, 1.54) is 0 Å². The fourth-order valence-corrected chi connectivity index (χ4v) is 2.42. The van der Waals surface area contributed by atoms with Crippen LogP contribution in [0.1, 0.15) is 11.4 Å². The van der Waals surface area contributed by atoms with Crippen molar-refractivity contribution in [3.8, 4) is 0 Å². The maximum atomic E-state index is 4.54. The van der Waals surface area contributed by atoms with Gasteiger partial charge in [0.1, 0.15) is 0 Å². The predicted molar refractivity (Wildman–Crippen MR) is 72.1 cm³/mol. The van der Waals surface area contributed by atoms with Crippen LogP contribution in [-0.4, -0.2) is 9.97 Å². The van der Waals surface area contributed by atoms with Crippen LogP contribution in [0.25, 0.3) is 11.0 Å². The Bertz CT molecular complexity index is 502. The molecule has 1 aromatic carbocycles. The van der Waals surface area contributed by atoms with Crippen LogP contribution in [0.5, 0.6) is 0 Å². The molecule has 0 bridgehead atoms. The third-order valence-corrected chi connectivity index (χ3v) is 3.40. The number of hydrogen-bond donors (Lipinski definition) is 1. The summed E-state index contributed by atoms with van der Waals surface area (Å²) in [6.07, 6.45) is 0. The fraction of sp³-hybridized carbons (Fsp3) is 0.200. The van der Waals surface area contributed by atoms with Gasteiger partial charge in [-0.3, -0.25) is 0 Å². The van der Waals surface area contributed by atoms with Crippen LogP contribution in [0.2, 0.25) is 0 Å². The Hall–Kier alpha value is -0.130. The third kappa shape index (κ3) is 2.34. The first kappa shape index (κ1) is 11.4. The van der Waals surface area contributed by atoms with Crippen molar-refractivity contribution in [3.63, 3.8) is 0 Å². The number of benzene rings is 1. The summed E-state index contributed by atoms with van der Waals surface area (Å²) in [6.45, 7) is 0. The SMILES string of the molecule is Sc1ccc2nc(CBr)c(CBr)nc2c1. The largest absolute Gasteiger partial charge is 0.248 e. The van der Waals surface area contributed by atoms with Crippen LogP contribution >= 0.6 is 44.5 Å². The molecule has 0 N–H and O–H groups in total. The smallest absolute Gasteiger partial charge is 0.0901 e. The van der Waals surface area contributed by atoms with Gasteiger partial charge >= 0.3 is 0 Å². The van der Waals surface area contributed by atoms with Gasteiger partial charge in [-0.05, 0) is 18.2 Å². The number of hydrogen-bond acceptors (Lipinski definition) is 3. The average Bonchev–Trinajstić information content (AvgIpc) is 2.27. The first-order valence-electron chi connectivity index (χ1n) is 4.35. The topological polar surface area (TPSA) is 25.8 Å². The molecule has 0 radical (unpaired) electrons. The molecule has 0 amide bonds. The van der Waals surface area contributed by atoms with E-state index in [-0.39, 0.29) is 0 Å². The Labute approximate surface area is 110 Å². The van der Waals surface area contributed by atoms with E-state index in [2.05, 4.69) is 54.5 Å². The number of halogens is 2. The maximum absolute atomic E-state index is 4.54. The molecule has 0 atom stereocenters. The van der Waals surface area contributed by atoms with E-state index in [9.17, 15) is 0 Å². The van der Waals surface area contributed by atoms with Gasteiger partial charge in [-0.1, -0.05) is 31.9 Å². The molecule has 2 aromatic rings. The van der Waals surface area contributed by atoms with Crippen molar-refractivity contribution in [2.75, 3.05) is 0 Å². The third-order valence-electron chi connectivity index (χ3n) is 2.06. The molecule has 0 aliphatic rings. The molecule has 1 heterocycles. The summed E-state index contributed by atoms with van der Waals surface area (Å²) in [4.78, 5) is 9.98. The zero-order valence-electron chi connectivity index (χ0n) is 7.74. The average molecular weight is 348 g/mol.